The lowest BCUT2D eigenvalue weighted by Crippen LogP contribution is -2.11. The number of nitrogens with one attached hydrogen (secondary N) is 2. The number of benzene rings is 2. The number of anilines is 3. The quantitative estimate of drug-likeness (QED) is 0.715. The number of carbonyl (C=O) groups excluding carboxylic acids is 1. The van der Waals surface area contributed by atoms with E-state index in [9.17, 15) is 9.18 Å². The van der Waals surface area contributed by atoms with E-state index in [0.717, 1.165) is 0 Å². The largest absolute Gasteiger partial charge is 0.454 e. The minimum Gasteiger partial charge on any atom is -0.454 e. The molecule has 0 unspecified atom stereocenters. The molecule has 4 rings (SSSR count). The van der Waals surface area contributed by atoms with Crippen LogP contribution in [0.2, 0.25) is 0 Å². The fourth-order valence-corrected chi connectivity index (χ4v) is 3.39. The Labute approximate surface area is 152 Å². The van der Waals surface area contributed by atoms with Gasteiger partial charge in [-0.3, -0.25) is 4.79 Å². The van der Waals surface area contributed by atoms with E-state index in [2.05, 4.69) is 15.6 Å². The third-order valence-corrected chi connectivity index (χ3v) is 4.78. The Bertz CT molecular complexity index is 990. The van der Waals surface area contributed by atoms with Crippen LogP contribution >= 0.6 is 11.3 Å². The SMILES string of the molecule is Cc1nc(Nc2cccc(F)c2)sc1C(=O)Nc1ccc2c(c1)OCO2. The van der Waals surface area contributed by atoms with Crippen LogP contribution in [0.5, 0.6) is 11.5 Å². The summed E-state index contributed by atoms with van der Waals surface area (Å²) >= 11 is 1.20. The number of rotatable bonds is 4. The van der Waals surface area contributed by atoms with Gasteiger partial charge in [0.15, 0.2) is 16.6 Å². The van der Waals surface area contributed by atoms with E-state index in [1.165, 1.54) is 23.5 Å². The second-order valence-corrected chi connectivity index (χ2v) is 6.59. The molecule has 6 nitrogen and oxygen atoms in total. The molecule has 8 heteroatoms. The van der Waals surface area contributed by atoms with Crippen molar-refractivity contribution in [3.8, 4) is 11.5 Å². The molecule has 2 N–H and O–H groups in total. The van der Waals surface area contributed by atoms with Crippen LogP contribution in [0, 0.1) is 12.7 Å². The zero-order valence-corrected chi connectivity index (χ0v) is 14.5. The lowest BCUT2D eigenvalue weighted by molar-refractivity contribution is 0.103. The normalized spacial score (nSPS) is 12.1. The highest BCUT2D eigenvalue weighted by Gasteiger charge is 2.18. The Morgan fingerprint density at radius 1 is 1.15 bits per heavy atom. The van der Waals surface area contributed by atoms with Gasteiger partial charge in [-0.2, -0.15) is 0 Å². The van der Waals surface area contributed by atoms with Crippen LogP contribution in [-0.4, -0.2) is 17.7 Å². The van der Waals surface area contributed by atoms with Crippen molar-refractivity contribution in [2.24, 2.45) is 0 Å². The van der Waals surface area contributed by atoms with Gasteiger partial charge in [0.05, 0.1) is 5.69 Å². The maximum atomic E-state index is 13.3. The molecule has 2 heterocycles. The van der Waals surface area contributed by atoms with Gasteiger partial charge in [0.1, 0.15) is 10.7 Å². The third-order valence-electron chi connectivity index (χ3n) is 3.71. The van der Waals surface area contributed by atoms with Gasteiger partial charge >= 0.3 is 0 Å². The zero-order valence-electron chi connectivity index (χ0n) is 13.7. The summed E-state index contributed by atoms with van der Waals surface area (Å²) in [6, 6.07) is 11.3. The maximum absolute atomic E-state index is 13.3. The molecule has 1 aliphatic heterocycles. The van der Waals surface area contributed by atoms with Crippen LogP contribution in [-0.2, 0) is 0 Å². The van der Waals surface area contributed by atoms with Crippen molar-refractivity contribution < 1.29 is 18.7 Å². The van der Waals surface area contributed by atoms with E-state index < -0.39 is 0 Å². The summed E-state index contributed by atoms with van der Waals surface area (Å²) in [6.45, 7) is 1.93. The maximum Gasteiger partial charge on any atom is 0.267 e. The highest BCUT2D eigenvalue weighted by atomic mass is 32.1. The number of ether oxygens (including phenoxy) is 2. The molecule has 0 saturated heterocycles. The third kappa shape index (κ3) is 3.31. The van der Waals surface area contributed by atoms with Gasteiger partial charge in [-0.15, -0.1) is 0 Å². The minimum absolute atomic E-state index is 0.176. The molecule has 0 bridgehead atoms. The number of halogens is 1. The fraction of sp³-hybridized carbons (Fsp3) is 0.111. The van der Waals surface area contributed by atoms with Crippen LogP contribution in [0.25, 0.3) is 0 Å². The van der Waals surface area contributed by atoms with Crippen molar-refractivity contribution in [2.75, 3.05) is 17.4 Å². The summed E-state index contributed by atoms with van der Waals surface area (Å²) in [5.74, 6) is 0.631. The first-order valence-electron chi connectivity index (χ1n) is 7.79. The molecule has 0 fully saturated rings. The van der Waals surface area contributed by atoms with Crippen LogP contribution in [0.15, 0.2) is 42.5 Å². The van der Waals surface area contributed by atoms with E-state index in [-0.39, 0.29) is 18.5 Å². The Kier molecular flexibility index (Phi) is 4.18. The van der Waals surface area contributed by atoms with Crippen LogP contribution < -0.4 is 20.1 Å². The summed E-state index contributed by atoms with van der Waals surface area (Å²) in [5, 5.41) is 6.35. The number of amides is 1. The molecular weight excluding hydrogens is 357 g/mol. The Hall–Kier alpha value is -3.13. The highest BCUT2D eigenvalue weighted by Crippen LogP contribution is 2.34. The zero-order chi connectivity index (χ0) is 18.1. The number of aryl methyl sites for hydroxylation is 1. The van der Waals surface area contributed by atoms with Crippen LogP contribution in [0.1, 0.15) is 15.4 Å². The molecule has 26 heavy (non-hydrogen) atoms. The standard InChI is InChI=1S/C18H14FN3O3S/c1-10-16(26-18(20-10)22-12-4-2-3-11(19)7-12)17(23)21-13-5-6-14-15(8-13)25-9-24-14/h2-8H,9H2,1H3,(H,20,22)(H,21,23). The molecule has 132 valence electrons. The van der Waals surface area contributed by atoms with Gasteiger partial charge in [0.25, 0.3) is 5.91 Å². The molecule has 0 aliphatic carbocycles. The summed E-state index contributed by atoms with van der Waals surface area (Å²) in [5.41, 5.74) is 1.76. The number of fused-ring (bicyclic) bond motifs is 1. The average Bonchev–Trinajstić information content (AvgIpc) is 3.20. The fourth-order valence-electron chi connectivity index (χ4n) is 2.51. The average molecular weight is 371 g/mol. The van der Waals surface area contributed by atoms with Crippen LogP contribution in [0.3, 0.4) is 0 Å². The predicted molar refractivity (Wildman–Crippen MR) is 97.1 cm³/mol. The second-order valence-electron chi connectivity index (χ2n) is 5.59. The van der Waals surface area contributed by atoms with Gasteiger partial charge < -0.3 is 20.1 Å². The van der Waals surface area contributed by atoms with Gasteiger partial charge in [0.2, 0.25) is 6.79 Å². The smallest absolute Gasteiger partial charge is 0.267 e. The van der Waals surface area contributed by atoms with Crippen molar-refractivity contribution in [1.29, 1.82) is 0 Å². The molecule has 0 saturated carbocycles. The first-order valence-corrected chi connectivity index (χ1v) is 8.61. The van der Waals surface area contributed by atoms with Crippen molar-refractivity contribution in [1.82, 2.24) is 4.98 Å². The number of thiazole rings is 1. The van der Waals surface area contributed by atoms with E-state index in [0.29, 0.717) is 38.6 Å². The Morgan fingerprint density at radius 2 is 2.00 bits per heavy atom. The molecule has 1 amide bonds. The molecule has 2 aromatic carbocycles. The summed E-state index contributed by atoms with van der Waals surface area (Å²) in [4.78, 5) is 17.4. The number of hydrogen-bond donors (Lipinski definition) is 2. The number of hydrogen-bond acceptors (Lipinski definition) is 6. The number of nitrogens with zero attached hydrogens (tertiary/aromatic N) is 1. The topological polar surface area (TPSA) is 72.5 Å². The molecule has 0 atom stereocenters. The van der Waals surface area contributed by atoms with Gasteiger partial charge in [-0.05, 0) is 37.3 Å². The van der Waals surface area contributed by atoms with Crippen molar-refractivity contribution in [2.45, 2.75) is 6.92 Å². The molecule has 0 spiro atoms. The van der Waals surface area contributed by atoms with Gasteiger partial charge in [-0.25, -0.2) is 9.37 Å². The van der Waals surface area contributed by atoms with E-state index in [4.69, 9.17) is 9.47 Å². The molecular formula is C18H14FN3O3S. The monoisotopic (exact) mass is 371 g/mol. The van der Waals surface area contributed by atoms with Crippen LogP contribution in [0.4, 0.5) is 20.9 Å². The summed E-state index contributed by atoms with van der Waals surface area (Å²) in [6.07, 6.45) is 0. The lowest BCUT2D eigenvalue weighted by Gasteiger charge is -2.05. The number of aromatic nitrogens is 1. The predicted octanol–water partition coefficient (Wildman–Crippen LogP) is 4.32. The van der Waals surface area contributed by atoms with Gasteiger partial charge in [0, 0.05) is 17.4 Å². The second kappa shape index (κ2) is 6.64. The van der Waals surface area contributed by atoms with Gasteiger partial charge in [-0.1, -0.05) is 17.4 Å². The van der Waals surface area contributed by atoms with E-state index >= 15 is 0 Å². The molecule has 0 radical (unpaired) electrons. The Morgan fingerprint density at radius 3 is 2.85 bits per heavy atom. The summed E-state index contributed by atoms with van der Waals surface area (Å²) in [7, 11) is 0. The highest BCUT2D eigenvalue weighted by molar-refractivity contribution is 7.17. The van der Waals surface area contributed by atoms with E-state index in [1.54, 1.807) is 37.3 Å². The van der Waals surface area contributed by atoms with Crippen molar-refractivity contribution >= 4 is 33.8 Å². The minimum atomic E-state index is -0.343. The summed E-state index contributed by atoms with van der Waals surface area (Å²) < 4.78 is 23.8. The first-order chi connectivity index (χ1) is 12.6. The number of carbonyl (C=O) groups is 1. The van der Waals surface area contributed by atoms with E-state index in [1.807, 2.05) is 0 Å². The molecule has 1 aromatic heterocycles. The lowest BCUT2D eigenvalue weighted by atomic mass is 10.2. The first kappa shape index (κ1) is 16.3. The Balaban J connectivity index is 1.50. The molecule has 3 aromatic rings. The van der Waals surface area contributed by atoms with Crippen molar-refractivity contribution in [3.63, 3.8) is 0 Å². The molecule has 1 aliphatic rings. The van der Waals surface area contributed by atoms with Crippen molar-refractivity contribution in [3.05, 3.63) is 58.9 Å².